The Morgan fingerprint density at radius 2 is 2.54 bits per heavy atom. The highest BCUT2D eigenvalue weighted by atomic mass is 16.5. The number of esters is 1. The van der Waals surface area contributed by atoms with Gasteiger partial charge in [0.15, 0.2) is 5.76 Å². The van der Waals surface area contributed by atoms with Crippen molar-refractivity contribution in [3.63, 3.8) is 0 Å². The van der Waals surface area contributed by atoms with Crippen molar-refractivity contribution in [3.05, 3.63) is 30.2 Å². The number of nitrogens with zero attached hydrogens (tertiary/aromatic N) is 1. The molecular formula is C8H9NO4. The number of aromatic nitrogens is 1. The molecule has 0 fully saturated rings. The zero-order chi connectivity index (χ0) is 9.84. The van der Waals surface area contributed by atoms with Gasteiger partial charge in [0.25, 0.3) is 0 Å². The third kappa shape index (κ3) is 1.94. The first-order valence-electron chi connectivity index (χ1n) is 3.52. The Morgan fingerprint density at radius 3 is 3.00 bits per heavy atom. The second kappa shape index (κ2) is 3.86. The maximum atomic E-state index is 10.9. The van der Waals surface area contributed by atoms with Crippen LogP contribution in [0.4, 0.5) is 0 Å². The molecule has 1 rings (SSSR count). The summed E-state index contributed by atoms with van der Waals surface area (Å²) in [5, 5.41) is 12.8. The quantitative estimate of drug-likeness (QED) is 0.543. The number of carbonyl (C=O) groups excluding carboxylic acids is 1. The van der Waals surface area contributed by atoms with Gasteiger partial charge in [-0.05, 0) is 0 Å². The number of aliphatic hydroxyl groups excluding tert-OH is 1. The van der Waals surface area contributed by atoms with Crippen LogP contribution in [0.3, 0.4) is 0 Å². The van der Waals surface area contributed by atoms with Gasteiger partial charge in [0.1, 0.15) is 6.10 Å². The van der Waals surface area contributed by atoms with E-state index in [2.05, 4.69) is 21.0 Å². The lowest BCUT2D eigenvalue weighted by Crippen LogP contribution is -2.11. The Hall–Kier alpha value is -1.62. The van der Waals surface area contributed by atoms with Crippen LogP contribution in [0.15, 0.2) is 28.9 Å². The van der Waals surface area contributed by atoms with Gasteiger partial charge >= 0.3 is 5.97 Å². The van der Waals surface area contributed by atoms with E-state index in [1.807, 2.05) is 0 Å². The van der Waals surface area contributed by atoms with Crippen LogP contribution in [0.1, 0.15) is 11.9 Å². The standard InChI is InChI=1S/C8H9NO4/c1-5(8(11)12-2)7(10)6-3-4-9-13-6/h3-4,7,10H,1H2,2H3. The number of hydrogen-bond donors (Lipinski definition) is 1. The average Bonchev–Trinajstić information content (AvgIpc) is 2.67. The van der Waals surface area contributed by atoms with Crippen LogP contribution in [-0.4, -0.2) is 23.3 Å². The molecule has 1 N–H and O–H groups in total. The van der Waals surface area contributed by atoms with Gasteiger partial charge in [-0.15, -0.1) is 0 Å². The van der Waals surface area contributed by atoms with Gasteiger partial charge in [-0.3, -0.25) is 0 Å². The highest BCUT2D eigenvalue weighted by Gasteiger charge is 2.21. The van der Waals surface area contributed by atoms with Gasteiger partial charge in [-0.2, -0.15) is 0 Å². The van der Waals surface area contributed by atoms with Crippen molar-refractivity contribution in [1.82, 2.24) is 5.16 Å². The number of hydrogen-bond acceptors (Lipinski definition) is 5. The molecule has 0 saturated carbocycles. The van der Waals surface area contributed by atoms with E-state index >= 15 is 0 Å². The van der Waals surface area contributed by atoms with E-state index in [9.17, 15) is 9.90 Å². The van der Waals surface area contributed by atoms with Crippen molar-refractivity contribution in [3.8, 4) is 0 Å². The second-order valence-corrected chi connectivity index (χ2v) is 2.33. The van der Waals surface area contributed by atoms with Crippen molar-refractivity contribution >= 4 is 5.97 Å². The van der Waals surface area contributed by atoms with E-state index in [4.69, 9.17) is 0 Å². The summed E-state index contributed by atoms with van der Waals surface area (Å²) in [5.41, 5.74) is -0.0840. The molecule has 0 spiro atoms. The monoisotopic (exact) mass is 183 g/mol. The largest absolute Gasteiger partial charge is 0.466 e. The molecule has 5 nitrogen and oxygen atoms in total. The average molecular weight is 183 g/mol. The molecule has 0 radical (unpaired) electrons. The van der Waals surface area contributed by atoms with E-state index in [0.29, 0.717) is 0 Å². The minimum Gasteiger partial charge on any atom is -0.466 e. The highest BCUT2D eigenvalue weighted by Crippen LogP contribution is 2.19. The summed E-state index contributed by atoms with van der Waals surface area (Å²) in [4.78, 5) is 10.9. The first-order chi connectivity index (χ1) is 6.16. The van der Waals surface area contributed by atoms with Crippen LogP contribution in [0.2, 0.25) is 0 Å². The molecule has 1 heterocycles. The van der Waals surface area contributed by atoms with Gasteiger partial charge < -0.3 is 14.4 Å². The minimum atomic E-state index is -1.20. The number of methoxy groups -OCH3 is 1. The molecule has 13 heavy (non-hydrogen) atoms. The summed E-state index contributed by atoms with van der Waals surface area (Å²) in [6.45, 7) is 3.37. The summed E-state index contributed by atoms with van der Waals surface area (Å²) in [7, 11) is 1.21. The molecule has 0 aliphatic heterocycles. The number of carbonyl (C=O) groups is 1. The van der Waals surface area contributed by atoms with E-state index in [1.54, 1.807) is 0 Å². The van der Waals surface area contributed by atoms with Gasteiger partial charge in [-0.25, -0.2) is 4.79 Å². The van der Waals surface area contributed by atoms with Crippen LogP contribution in [-0.2, 0) is 9.53 Å². The van der Waals surface area contributed by atoms with Gasteiger partial charge in [0, 0.05) is 6.07 Å². The fourth-order valence-electron chi connectivity index (χ4n) is 0.781. The molecule has 0 aromatic carbocycles. The topological polar surface area (TPSA) is 72.6 Å². The van der Waals surface area contributed by atoms with E-state index in [1.165, 1.54) is 19.4 Å². The summed E-state index contributed by atoms with van der Waals surface area (Å²) in [6, 6.07) is 1.44. The molecule has 0 amide bonds. The van der Waals surface area contributed by atoms with Crippen LogP contribution in [0.25, 0.3) is 0 Å². The SMILES string of the molecule is C=C(C(=O)OC)C(O)c1ccno1. The van der Waals surface area contributed by atoms with E-state index < -0.39 is 12.1 Å². The van der Waals surface area contributed by atoms with Gasteiger partial charge in [0.2, 0.25) is 0 Å². The third-order valence-corrected chi connectivity index (χ3v) is 1.50. The summed E-state index contributed by atoms with van der Waals surface area (Å²) in [6.07, 6.45) is 0.165. The zero-order valence-corrected chi connectivity index (χ0v) is 7.06. The number of aliphatic hydroxyl groups is 1. The Bertz CT molecular complexity index is 304. The lowest BCUT2D eigenvalue weighted by Gasteiger charge is -2.07. The molecule has 0 saturated heterocycles. The lowest BCUT2D eigenvalue weighted by atomic mass is 10.1. The molecule has 1 aromatic heterocycles. The van der Waals surface area contributed by atoms with Crippen LogP contribution in [0.5, 0.6) is 0 Å². The van der Waals surface area contributed by atoms with Crippen molar-refractivity contribution in [2.24, 2.45) is 0 Å². The minimum absolute atomic E-state index is 0.0840. The zero-order valence-electron chi connectivity index (χ0n) is 7.06. The predicted octanol–water partition coefficient (Wildman–Crippen LogP) is 0.437. The summed E-state index contributed by atoms with van der Waals surface area (Å²) < 4.78 is 9.01. The van der Waals surface area contributed by atoms with Crippen LogP contribution >= 0.6 is 0 Å². The summed E-state index contributed by atoms with van der Waals surface area (Å²) >= 11 is 0. The Kier molecular flexibility index (Phi) is 2.81. The lowest BCUT2D eigenvalue weighted by molar-refractivity contribution is -0.137. The van der Waals surface area contributed by atoms with Crippen LogP contribution < -0.4 is 0 Å². The fraction of sp³-hybridized carbons (Fsp3) is 0.250. The Morgan fingerprint density at radius 1 is 1.85 bits per heavy atom. The molecular weight excluding hydrogens is 174 g/mol. The molecule has 0 bridgehead atoms. The predicted molar refractivity (Wildman–Crippen MR) is 42.6 cm³/mol. The first kappa shape index (κ1) is 9.47. The van der Waals surface area contributed by atoms with Gasteiger partial charge in [0.05, 0.1) is 18.9 Å². The van der Waals surface area contributed by atoms with Crippen molar-refractivity contribution < 1.29 is 19.2 Å². The van der Waals surface area contributed by atoms with Crippen LogP contribution in [0, 0.1) is 0 Å². The highest BCUT2D eigenvalue weighted by molar-refractivity contribution is 5.88. The first-order valence-corrected chi connectivity index (χ1v) is 3.52. The molecule has 1 unspecified atom stereocenters. The second-order valence-electron chi connectivity index (χ2n) is 2.33. The molecule has 0 aliphatic rings. The molecule has 0 aliphatic carbocycles. The van der Waals surface area contributed by atoms with Crippen molar-refractivity contribution in [2.75, 3.05) is 7.11 Å². The normalized spacial score (nSPS) is 12.2. The number of rotatable bonds is 3. The number of ether oxygens (including phenoxy) is 1. The Balaban J connectivity index is 2.74. The maximum absolute atomic E-state index is 10.9. The van der Waals surface area contributed by atoms with Crippen molar-refractivity contribution in [2.45, 2.75) is 6.10 Å². The molecule has 5 heteroatoms. The third-order valence-electron chi connectivity index (χ3n) is 1.50. The smallest absolute Gasteiger partial charge is 0.336 e. The van der Waals surface area contributed by atoms with Crippen molar-refractivity contribution in [1.29, 1.82) is 0 Å². The molecule has 1 aromatic rings. The van der Waals surface area contributed by atoms with E-state index in [-0.39, 0.29) is 11.3 Å². The summed E-state index contributed by atoms with van der Waals surface area (Å²) in [5.74, 6) is -0.515. The van der Waals surface area contributed by atoms with E-state index in [0.717, 1.165) is 0 Å². The fourth-order valence-corrected chi connectivity index (χ4v) is 0.781. The molecule has 70 valence electrons. The maximum Gasteiger partial charge on any atom is 0.336 e. The molecule has 1 atom stereocenters. The Labute approximate surface area is 74.6 Å². The van der Waals surface area contributed by atoms with Gasteiger partial charge in [-0.1, -0.05) is 11.7 Å².